The highest BCUT2D eigenvalue weighted by Gasteiger charge is 2.36. The third-order valence-electron chi connectivity index (χ3n) is 5.79. The third kappa shape index (κ3) is 6.43. The first-order chi connectivity index (χ1) is 18.1. The molecule has 1 saturated heterocycles. The van der Waals surface area contributed by atoms with Crippen LogP contribution in [0.5, 0.6) is 11.5 Å². The van der Waals surface area contributed by atoms with Crippen molar-refractivity contribution in [3.63, 3.8) is 0 Å². The van der Waals surface area contributed by atoms with Gasteiger partial charge in [-0.3, -0.25) is 19.3 Å². The van der Waals surface area contributed by atoms with Gasteiger partial charge in [0.05, 0.1) is 16.5 Å². The molecule has 0 radical (unpaired) electrons. The van der Waals surface area contributed by atoms with Crippen LogP contribution in [0.25, 0.3) is 6.08 Å². The van der Waals surface area contributed by atoms with Crippen LogP contribution in [0.4, 0.5) is 14.9 Å². The van der Waals surface area contributed by atoms with Gasteiger partial charge in [0, 0.05) is 5.69 Å². The number of ether oxygens (including phenoxy) is 2. The van der Waals surface area contributed by atoms with Crippen molar-refractivity contribution in [3.05, 3.63) is 92.0 Å². The van der Waals surface area contributed by atoms with Crippen molar-refractivity contribution in [3.8, 4) is 11.5 Å². The van der Waals surface area contributed by atoms with Crippen LogP contribution in [0.3, 0.4) is 0 Å². The van der Waals surface area contributed by atoms with Crippen LogP contribution >= 0.6 is 27.7 Å². The number of halogens is 2. The summed E-state index contributed by atoms with van der Waals surface area (Å²) in [5.41, 5.74) is 3.94. The van der Waals surface area contributed by atoms with E-state index in [-0.39, 0.29) is 17.3 Å². The second-order valence-electron chi connectivity index (χ2n) is 8.57. The molecule has 1 heterocycles. The molecule has 4 rings (SSSR count). The molecule has 7 nitrogen and oxygen atoms in total. The summed E-state index contributed by atoms with van der Waals surface area (Å²) < 4.78 is 25.3. The third-order valence-corrected chi connectivity index (χ3v) is 7.28. The Kier molecular flexibility index (Phi) is 8.53. The molecule has 0 bridgehead atoms. The molecule has 3 aromatic rings. The number of thioether (sulfide) groups is 1. The fourth-order valence-electron chi connectivity index (χ4n) is 3.70. The number of aryl methyl sites for hydroxylation is 2. The quantitative estimate of drug-likeness (QED) is 0.299. The average Bonchev–Trinajstić information content (AvgIpc) is 3.12. The van der Waals surface area contributed by atoms with Gasteiger partial charge >= 0.3 is 0 Å². The largest absolute Gasteiger partial charge is 0.493 e. The summed E-state index contributed by atoms with van der Waals surface area (Å²) in [5.74, 6) is -0.596. The molecule has 0 spiro atoms. The van der Waals surface area contributed by atoms with Gasteiger partial charge in [-0.15, -0.1) is 0 Å². The zero-order valence-electron chi connectivity index (χ0n) is 20.8. The minimum Gasteiger partial charge on any atom is -0.493 e. The van der Waals surface area contributed by atoms with E-state index in [1.807, 2.05) is 26.0 Å². The lowest BCUT2D eigenvalue weighted by atomic mass is 10.1. The van der Waals surface area contributed by atoms with Crippen LogP contribution in [-0.4, -0.2) is 35.6 Å². The molecule has 38 heavy (non-hydrogen) atoms. The van der Waals surface area contributed by atoms with E-state index in [9.17, 15) is 18.8 Å². The Bertz CT molecular complexity index is 1460. The topological polar surface area (TPSA) is 84.9 Å². The lowest BCUT2D eigenvalue weighted by molar-refractivity contribution is -0.127. The van der Waals surface area contributed by atoms with Crippen molar-refractivity contribution in [2.75, 3.05) is 19.0 Å². The monoisotopic (exact) mass is 598 g/mol. The Morgan fingerprint density at radius 2 is 1.89 bits per heavy atom. The van der Waals surface area contributed by atoms with E-state index >= 15 is 0 Å². The number of carbonyl (C=O) groups excluding carboxylic acids is 3. The average molecular weight is 599 g/mol. The molecule has 0 aliphatic carbocycles. The maximum absolute atomic E-state index is 13.5. The van der Waals surface area contributed by atoms with Crippen LogP contribution in [0.2, 0.25) is 0 Å². The number of benzene rings is 3. The summed E-state index contributed by atoms with van der Waals surface area (Å²) >= 11 is 4.22. The van der Waals surface area contributed by atoms with E-state index in [4.69, 9.17) is 9.47 Å². The van der Waals surface area contributed by atoms with Crippen LogP contribution in [0.15, 0.2) is 64.0 Å². The van der Waals surface area contributed by atoms with E-state index < -0.39 is 23.6 Å². The summed E-state index contributed by atoms with van der Waals surface area (Å²) in [6.45, 7) is 3.63. The maximum atomic E-state index is 13.5. The van der Waals surface area contributed by atoms with Crippen molar-refractivity contribution >= 4 is 56.5 Å². The molecule has 0 unspecified atom stereocenters. The molecular formula is C28H24BrFN2O5S. The van der Waals surface area contributed by atoms with Gasteiger partial charge in [0.25, 0.3) is 11.1 Å². The molecule has 1 aliphatic rings. The van der Waals surface area contributed by atoms with Gasteiger partial charge in [-0.2, -0.15) is 0 Å². The molecule has 10 heteroatoms. The van der Waals surface area contributed by atoms with Crippen molar-refractivity contribution in [1.82, 2.24) is 4.90 Å². The fourth-order valence-corrected chi connectivity index (χ4v) is 5.11. The van der Waals surface area contributed by atoms with Gasteiger partial charge in [-0.05, 0) is 106 Å². The number of methoxy groups -OCH3 is 1. The highest BCUT2D eigenvalue weighted by Crippen LogP contribution is 2.39. The summed E-state index contributed by atoms with van der Waals surface area (Å²) in [6.07, 6.45) is 1.55. The second kappa shape index (κ2) is 11.8. The highest BCUT2D eigenvalue weighted by atomic mass is 79.9. The normalized spacial score (nSPS) is 14.2. The predicted molar refractivity (Wildman–Crippen MR) is 149 cm³/mol. The Morgan fingerprint density at radius 1 is 1.11 bits per heavy atom. The van der Waals surface area contributed by atoms with E-state index in [0.29, 0.717) is 32.8 Å². The summed E-state index contributed by atoms with van der Waals surface area (Å²) in [4.78, 5) is 39.1. The second-order valence-corrected chi connectivity index (χ2v) is 10.4. The Hall–Kier alpha value is -3.63. The molecule has 3 aromatic carbocycles. The van der Waals surface area contributed by atoms with Crippen molar-refractivity contribution in [2.24, 2.45) is 0 Å². The number of rotatable bonds is 8. The smallest absolute Gasteiger partial charge is 0.294 e. The van der Waals surface area contributed by atoms with Crippen LogP contribution < -0.4 is 14.8 Å². The molecule has 1 aliphatic heterocycles. The van der Waals surface area contributed by atoms with Gasteiger partial charge in [0.2, 0.25) is 5.91 Å². The van der Waals surface area contributed by atoms with Gasteiger partial charge in [-0.1, -0.05) is 18.2 Å². The fraction of sp³-hybridized carbons (Fsp3) is 0.179. The van der Waals surface area contributed by atoms with Crippen molar-refractivity contribution in [2.45, 2.75) is 20.5 Å². The maximum Gasteiger partial charge on any atom is 0.294 e. The number of hydrogen-bond acceptors (Lipinski definition) is 6. The van der Waals surface area contributed by atoms with Gasteiger partial charge in [0.15, 0.2) is 11.5 Å². The first-order valence-electron chi connectivity index (χ1n) is 11.5. The number of amides is 3. The Labute approximate surface area is 232 Å². The predicted octanol–water partition coefficient (Wildman–Crippen LogP) is 6.47. The van der Waals surface area contributed by atoms with E-state index in [0.717, 1.165) is 27.8 Å². The minimum absolute atomic E-state index is 0.120. The number of nitrogens with zero attached hydrogens (tertiary/aromatic N) is 1. The van der Waals surface area contributed by atoms with Gasteiger partial charge in [-0.25, -0.2) is 4.39 Å². The lowest BCUT2D eigenvalue weighted by Gasteiger charge is -2.14. The summed E-state index contributed by atoms with van der Waals surface area (Å²) in [5, 5.41) is 2.20. The zero-order valence-corrected chi connectivity index (χ0v) is 23.2. The molecule has 196 valence electrons. The molecule has 0 atom stereocenters. The van der Waals surface area contributed by atoms with Crippen LogP contribution in [0, 0.1) is 19.7 Å². The standard InChI is InChI=1S/C28H24BrFN2O5S/c1-16-7-8-21(9-17(16)2)31-25(33)14-32-27(34)24(38-28(32)35)13-19-11-22(29)26(23(12-19)36-3)37-15-18-5-4-6-20(30)10-18/h4-13H,14-15H2,1-3H3,(H,31,33)/b24-13+. The van der Waals surface area contributed by atoms with Crippen LogP contribution in [0.1, 0.15) is 22.3 Å². The molecule has 1 N–H and O–H groups in total. The van der Waals surface area contributed by atoms with E-state index in [1.54, 1.807) is 36.4 Å². The lowest BCUT2D eigenvalue weighted by Crippen LogP contribution is -2.36. The summed E-state index contributed by atoms with van der Waals surface area (Å²) in [7, 11) is 1.47. The van der Waals surface area contributed by atoms with Gasteiger partial charge in [0.1, 0.15) is 19.0 Å². The Balaban J connectivity index is 1.46. The minimum atomic E-state index is -0.559. The van der Waals surface area contributed by atoms with E-state index in [2.05, 4.69) is 21.2 Å². The molecule has 0 saturated carbocycles. The highest BCUT2D eigenvalue weighted by molar-refractivity contribution is 9.10. The van der Waals surface area contributed by atoms with Crippen molar-refractivity contribution in [1.29, 1.82) is 0 Å². The molecule has 1 fully saturated rings. The van der Waals surface area contributed by atoms with E-state index in [1.165, 1.54) is 19.2 Å². The molecule has 3 amide bonds. The summed E-state index contributed by atoms with van der Waals surface area (Å²) in [6, 6.07) is 14.9. The molecule has 0 aromatic heterocycles. The van der Waals surface area contributed by atoms with Crippen LogP contribution in [-0.2, 0) is 16.2 Å². The first kappa shape index (κ1) is 27.4. The van der Waals surface area contributed by atoms with Gasteiger partial charge < -0.3 is 14.8 Å². The zero-order chi connectivity index (χ0) is 27.4. The Morgan fingerprint density at radius 3 is 2.61 bits per heavy atom. The number of anilines is 1. The number of carbonyl (C=O) groups is 3. The number of hydrogen-bond donors (Lipinski definition) is 1. The molecular weight excluding hydrogens is 575 g/mol. The first-order valence-corrected chi connectivity index (χ1v) is 13.1. The number of imide groups is 1. The SMILES string of the molecule is COc1cc(/C=C2/SC(=O)N(CC(=O)Nc3ccc(C)c(C)c3)C2=O)cc(Br)c1OCc1cccc(F)c1. The number of nitrogens with one attached hydrogen (secondary N) is 1. The van der Waals surface area contributed by atoms with Crippen molar-refractivity contribution < 1.29 is 28.2 Å².